The van der Waals surface area contributed by atoms with Crippen molar-refractivity contribution in [3.63, 3.8) is 0 Å². The Labute approximate surface area is 151 Å². The zero-order valence-electron chi connectivity index (χ0n) is 15.0. The van der Waals surface area contributed by atoms with Crippen LogP contribution in [0.15, 0.2) is 29.5 Å². The van der Waals surface area contributed by atoms with Crippen LogP contribution in [0.4, 0.5) is 0 Å². The predicted molar refractivity (Wildman–Crippen MR) is 91.7 cm³/mol. The van der Waals surface area contributed by atoms with E-state index in [4.69, 9.17) is 9.47 Å². The number of rotatable bonds is 5. The highest BCUT2D eigenvalue weighted by Gasteiger charge is 2.52. The number of carboxylic acid groups (broad SMARTS) is 1. The van der Waals surface area contributed by atoms with Crippen LogP contribution in [-0.2, 0) is 16.1 Å². The van der Waals surface area contributed by atoms with Crippen molar-refractivity contribution in [3.8, 4) is 11.5 Å². The molecule has 0 aromatic heterocycles. The molecule has 1 unspecified atom stereocenters. The molecule has 0 bridgehead atoms. The molecule has 3 rings (SSSR count). The van der Waals surface area contributed by atoms with Crippen LogP contribution in [-0.4, -0.2) is 58.4 Å². The zero-order valence-corrected chi connectivity index (χ0v) is 15.0. The summed E-state index contributed by atoms with van der Waals surface area (Å²) in [5.74, 6) is -1.37. The van der Waals surface area contributed by atoms with Crippen molar-refractivity contribution < 1.29 is 29.3 Å². The van der Waals surface area contributed by atoms with Crippen LogP contribution >= 0.6 is 0 Å². The average Bonchev–Trinajstić information content (AvgIpc) is 3.01. The highest BCUT2D eigenvalue weighted by molar-refractivity contribution is 6.16. The summed E-state index contributed by atoms with van der Waals surface area (Å²) in [6.07, 6.45) is 1.32. The molecule has 2 aliphatic rings. The van der Waals surface area contributed by atoms with E-state index in [9.17, 15) is 19.8 Å². The van der Waals surface area contributed by atoms with Crippen LogP contribution in [0.25, 0.3) is 0 Å². The summed E-state index contributed by atoms with van der Waals surface area (Å²) >= 11 is 0. The minimum absolute atomic E-state index is 0.131. The number of aliphatic carboxylic acids is 1. The third-order valence-corrected chi connectivity index (χ3v) is 5.12. The van der Waals surface area contributed by atoms with Crippen LogP contribution in [0.2, 0.25) is 0 Å². The van der Waals surface area contributed by atoms with Crippen molar-refractivity contribution in [1.29, 1.82) is 0 Å². The number of carbonyl (C=O) groups excluding carboxylic acids is 1. The molecule has 1 fully saturated rings. The van der Waals surface area contributed by atoms with E-state index in [1.807, 2.05) is 0 Å². The van der Waals surface area contributed by atoms with Gasteiger partial charge in [0.25, 0.3) is 5.91 Å². The van der Waals surface area contributed by atoms with Gasteiger partial charge >= 0.3 is 5.97 Å². The van der Waals surface area contributed by atoms with Crippen molar-refractivity contribution in [2.75, 3.05) is 20.8 Å². The number of methoxy groups -OCH3 is 2. The van der Waals surface area contributed by atoms with Gasteiger partial charge in [-0.3, -0.25) is 9.80 Å². The quantitative estimate of drug-likeness (QED) is 0.769. The average molecular weight is 362 g/mol. The first-order valence-corrected chi connectivity index (χ1v) is 8.31. The van der Waals surface area contributed by atoms with E-state index in [0.29, 0.717) is 30.0 Å². The molecule has 0 saturated carbocycles. The molecular weight excluding hydrogens is 340 g/mol. The SMILES string of the molecule is COc1ccc(CN2C(=O)C(C(=O)O)=C(O)C3(C)CCCN23)c(OC)c1. The van der Waals surface area contributed by atoms with E-state index in [-0.39, 0.29) is 12.3 Å². The molecular formula is C18H22N2O6. The second-order valence-electron chi connectivity index (χ2n) is 6.57. The van der Waals surface area contributed by atoms with Gasteiger partial charge in [-0.05, 0) is 31.9 Å². The first-order chi connectivity index (χ1) is 12.3. The van der Waals surface area contributed by atoms with Gasteiger partial charge in [0.1, 0.15) is 17.3 Å². The van der Waals surface area contributed by atoms with E-state index in [1.165, 1.54) is 12.1 Å². The molecule has 0 aliphatic carbocycles. The van der Waals surface area contributed by atoms with Gasteiger partial charge in [0.05, 0.1) is 26.3 Å². The first-order valence-electron chi connectivity index (χ1n) is 8.31. The molecule has 8 heteroatoms. The Bertz CT molecular complexity index is 790. The zero-order chi connectivity index (χ0) is 19.1. The molecule has 1 aromatic rings. The molecule has 0 radical (unpaired) electrons. The number of carbonyl (C=O) groups is 2. The maximum atomic E-state index is 12.8. The second-order valence-corrected chi connectivity index (χ2v) is 6.57. The van der Waals surface area contributed by atoms with Gasteiger partial charge in [-0.2, -0.15) is 0 Å². The number of fused-ring (bicyclic) bond motifs is 1. The number of hydrogen-bond acceptors (Lipinski definition) is 6. The molecule has 26 heavy (non-hydrogen) atoms. The summed E-state index contributed by atoms with van der Waals surface area (Å²) in [5.41, 5.74) is -0.762. The largest absolute Gasteiger partial charge is 0.509 e. The van der Waals surface area contributed by atoms with E-state index in [1.54, 1.807) is 37.2 Å². The Morgan fingerprint density at radius 3 is 2.65 bits per heavy atom. The lowest BCUT2D eigenvalue weighted by atomic mass is 9.91. The fourth-order valence-corrected chi connectivity index (χ4v) is 3.68. The fourth-order valence-electron chi connectivity index (χ4n) is 3.68. The van der Waals surface area contributed by atoms with Crippen LogP contribution in [0, 0.1) is 0 Å². The Kier molecular flexibility index (Phi) is 4.53. The van der Waals surface area contributed by atoms with Crippen molar-refractivity contribution in [1.82, 2.24) is 10.0 Å². The summed E-state index contributed by atoms with van der Waals surface area (Å²) in [6, 6.07) is 5.23. The number of carboxylic acids is 1. The number of benzene rings is 1. The first kappa shape index (κ1) is 18.1. The molecule has 140 valence electrons. The molecule has 2 heterocycles. The van der Waals surface area contributed by atoms with E-state index < -0.39 is 23.0 Å². The summed E-state index contributed by atoms with van der Waals surface area (Å²) in [4.78, 5) is 24.4. The Morgan fingerprint density at radius 1 is 1.31 bits per heavy atom. The second kappa shape index (κ2) is 6.53. The number of aliphatic hydroxyl groups excluding tert-OH is 1. The maximum Gasteiger partial charge on any atom is 0.344 e. The number of hydrogen-bond donors (Lipinski definition) is 2. The van der Waals surface area contributed by atoms with Gasteiger partial charge in [-0.1, -0.05) is 0 Å². The standard InChI is InChI=1S/C18H22N2O6/c1-18-7-4-8-20(18)19(16(22)14(15(18)21)17(23)24)10-11-5-6-12(25-2)9-13(11)26-3/h5-6,9,21H,4,7-8,10H2,1-3H3,(H,23,24). The van der Waals surface area contributed by atoms with Crippen LogP contribution in [0.1, 0.15) is 25.3 Å². The van der Waals surface area contributed by atoms with Crippen LogP contribution in [0.3, 0.4) is 0 Å². The van der Waals surface area contributed by atoms with Gasteiger partial charge < -0.3 is 19.7 Å². The minimum Gasteiger partial charge on any atom is -0.509 e. The molecule has 0 spiro atoms. The molecule has 8 nitrogen and oxygen atoms in total. The lowest BCUT2D eigenvalue weighted by molar-refractivity contribution is -0.162. The topological polar surface area (TPSA) is 99.5 Å². The number of hydrazine groups is 1. The number of ether oxygens (including phenoxy) is 2. The predicted octanol–water partition coefficient (Wildman–Crippen LogP) is 1.71. The highest BCUT2D eigenvalue weighted by Crippen LogP contribution is 2.42. The van der Waals surface area contributed by atoms with Crippen molar-refractivity contribution in [2.24, 2.45) is 0 Å². The van der Waals surface area contributed by atoms with E-state index in [0.717, 1.165) is 6.42 Å². The summed E-state index contributed by atoms with van der Waals surface area (Å²) in [6.45, 7) is 2.44. The summed E-state index contributed by atoms with van der Waals surface area (Å²) < 4.78 is 10.6. The van der Waals surface area contributed by atoms with Gasteiger partial charge in [0, 0.05) is 18.2 Å². The Hall–Kier alpha value is -2.74. The van der Waals surface area contributed by atoms with Crippen molar-refractivity contribution in [3.05, 3.63) is 35.1 Å². The number of nitrogens with zero attached hydrogens (tertiary/aromatic N) is 2. The molecule has 1 saturated heterocycles. The normalized spacial score (nSPS) is 23.2. The maximum absolute atomic E-state index is 12.8. The van der Waals surface area contributed by atoms with Crippen LogP contribution < -0.4 is 9.47 Å². The van der Waals surface area contributed by atoms with Gasteiger partial charge in [0.15, 0.2) is 5.57 Å². The van der Waals surface area contributed by atoms with Crippen LogP contribution in [0.5, 0.6) is 11.5 Å². The lowest BCUT2D eigenvalue weighted by Crippen LogP contribution is -2.60. The minimum atomic E-state index is -1.42. The lowest BCUT2D eigenvalue weighted by Gasteiger charge is -2.46. The van der Waals surface area contributed by atoms with E-state index in [2.05, 4.69) is 0 Å². The van der Waals surface area contributed by atoms with Gasteiger partial charge in [0.2, 0.25) is 0 Å². The monoisotopic (exact) mass is 362 g/mol. The Balaban J connectivity index is 2.03. The molecule has 1 aromatic carbocycles. The molecule has 1 atom stereocenters. The molecule has 1 amide bonds. The number of amides is 1. The third-order valence-electron chi connectivity index (χ3n) is 5.12. The Morgan fingerprint density at radius 2 is 2.04 bits per heavy atom. The summed E-state index contributed by atoms with van der Waals surface area (Å²) in [5, 5.41) is 23.0. The van der Waals surface area contributed by atoms with E-state index >= 15 is 0 Å². The number of aliphatic hydroxyl groups is 1. The fraction of sp³-hybridized carbons (Fsp3) is 0.444. The third kappa shape index (κ3) is 2.66. The van der Waals surface area contributed by atoms with Gasteiger partial charge in [-0.25, -0.2) is 9.80 Å². The highest BCUT2D eigenvalue weighted by atomic mass is 16.5. The molecule has 2 N–H and O–H groups in total. The smallest absolute Gasteiger partial charge is 0.344 e. The summed E-state index contributed by atoms with van der Waals surface area (Å²) in [7, 11) is 3.07. The molecule has 2 aliphatic heterocycles. The van der Waals surface area contributed by atoms with Gasteiger partial charge in [-0.15, -0.1) is 0 Å². The van der Waals surface area contributed by atoms with Crippen molar-refractivity contribution in [2.45, 2.75) is 31.8 Å². The van der Waals surface area contributed by atoms with Crippen molar-refractivity contribution >= 4 is 11.9 Å².